The molecule has 0 unspecified atom stereocenters. The first-order valence-electron chi connectivity index (χ1n) is 8.93. The van der Waals surface area contributed by atoms with E-state index in [-0.39, 0.29) is 12.2 Å². The van der Waals surface area contributed by atoms with E-state index in [0.717, 1.165) is 23.3 Å². The fraction of sp³-hybridized carbons (Fsp3) is 0.286. The molecule has 0 radical (unpaired) electrons. The van der Waals surface area contributed by atoms with Crippen molar-refractivity contribution in [3.63, 3.8) is 0 Å². The highest BCUT2D eigenvalue weighted by molar-refractivity contribution is 7.18. The Kier molecular flexibility index (Phi) is 7.78. The number of benzene rings is 1. The maximum atomic E-state index is 12.3. The number of nitrogens with one attached hydrogen (secondary N) is 1. The van der Waals surface area contributed by atoms with Crippen molar-refractivity contribution in [1.29, 1.82) is 5.26 Å². The number of esters is 1. The Labute approximate surface area is 168 Å². The number of para-hydroxylation sites is 1. The lowest BCUT2D eigenvalue weighted by Crippen LogP contribution is -2.07. The molecule has 146 valence electrons. The van der Waals surface area contributed by atoms with Gasteiger partial charge in [-0.05, 0) is 38.0 Å². The second-order valence-corrected chi connectivity index (χ2v) is 6.82. The molecule has 1 heterocycles. The third kappa shape index (κ3) is 5.21. The van der Waals surface area contributed by atoms with Gasteiger partial charge in [-0.25, -0.2) is 4.79 Å². The normalized spacial score (nSPS) is 10.5. The van der Waals surface area contributed by atoms with Crippen molar-refractivity contribution in [3.05, 3.63) is 51.9 Å². The van der Waals surface area contributed by atoms with E-state index in [1.54, 1.807) is 19.9 Å². The average Bonchev–Trinajstić information content (AvgIpc) is 3.00. The van der Waals surface area contributed by atoms with Crippen LogP contribution in [0.4, 0.5) is 5.00 Å². The maximum Gasteiger partial charge on any atom is 0.348 e. The van der Waals surface area contributed by atoms with Gasteiger partial charge in [0.1, 0.15) is 21.7 Å². The Bertz CT molecular complexity index is 925. The number of nitriles is 1. The summed E-state index contributed by atoms with van der Waals surface area (Å²) in [6.07, 6.45) is 3.91. The van der Waals surface area contributed by atoms with Gasteiger partial charge < -0.3 is 14.8 Å². The molecule has 0 aliphatic heterocycles. The molecule has 0 aliphatic carbocycles. The average molecular weight is 398 g/mol. The number of nitrogens with zero attached hydrogens (tertiary/aromatic N) is 1. The highest BCUT2D eigenvalue weighted by Gasteiger charge is 2.21. The Balaban J connectivity index is 2.18. The summed E-state index contributed by atoms with van der Waals surface area (Å²) in [6.45, 7) is 6.22. The number of amides is 1. The first-order valence-corrected chi connectivity index (χ1v) is 9.74. The molecule has 1 aromatic heterocycles. The summed E-state index contributed by atoms with van der Waals surface area (Å²) in [7, 11) is 0. The van der Waals surface area contributed by atoms with Crippen molar-refractivity contribution < 1.29 is 19.1 Å². The molecule has 7 heteroatoms. The number of rotatable bonds is 8. The second kappa shape index (κ2) is 10.3. The first-order chi connectivity index (χ1) is 13.5. The third-order valence-electron chi connectivity index (χ3n) is 3.75. The van der Waals surface area contributed by atoms with Gasteiger partial charge in [0.05, 0.1) is 18.8 Å². The second-order valence-electron chi connectivity index (χ2n) is 5.80. The van der Waals surface area contributed by atoms with Gasteiger partial charge in [0.2, 0.25) is 5.91 Å². The minimum Gasteiger partial charge on any atom is -0.493 e. The SMILES string of the molecule is CCCOc1ccccc1C=CC(=O)Nc1sc(C(=O)OCC)c(C)c1C#N. The summed E-state index contributed by atoms with van der Waals surface area (Å²) < 4.78 is 10.7. The fourth-order valence-corrected chi connectivity index (χ4v) is 3.46. The number of hydrogen-bond donors (Lipinski definition) is 1. The standard InChI is InChI=1S/C21H22N2O4S/c1-4-12-27-17-9-7-6-8-15(17)10-11-18(24)23-20-16(13-22)14(3)19(28-20)21(25)26-5-2/h6-11H,4-5,12H2,1-3H3,(H,23,24). The molecule has 0 fully saturated rings. The lowest BCUT2D eigenvalue weighted by Gasteiger charge is -2.07. The van der Waals surface area contributed by atoms with Crippen molar-refractivity contribution >= 4 is 34.3 Å². The molecule has 1 amide bonds. The number of anilines is 1. The Morgan fingerprint density at radius 3 is 2.71 bits per heavy atom. The number of ether oxygens (including phenoxy) is 2. The van der Waals surface area contributed by atoms with Gasteiger partial charge in [0.15, 0.2) is 0 Å². The highest BCUT2D eigenvalue weighted by atomic mass is 32.1. The molecule has 1 aromatic carbocycles. The zero-order valence-corrected chi connectivity index (χ0v) is 16.9. The molecule has 0 bridgehead atoms. The van der Waals surface area contributed by atoms with Gasteiger partial charge in [0.25, 0.3) is 0 Å². The van der Waals surface area contributed by atoms with Crippen molar-refractivity contribution in [1.82, 2.24) is 0 Å². The van der Waals surface area contributed by atoms with Gasteiger partial charge in [-0.3, -0.25) is 4.79 Å². The van der Waals surface area contributed by atoms with Crippen LogP contribution in [0.3, 0.4) is 0 Å². The van der Waals surface area contributed by atoms with Crippen LogP contribution < -0.4 is 10.1 Å². The van der Waals surface area contributed by atoms with Crippen LogP contribution in [0.1, 0.15) is 46.6 Å². The molecule has 0 saturated heterocycles. The van der Waals surface area contributed by atoms with E-state index >= 15 is 0 Å². The van der Waals surface area contributed by atoms with Crippen LogP contribution in [-0.2, 0) is 9.53 Å². The lowest BCUT2D eigenvalue weighted by molar-refractivity contribution is -0.111. The summed E-state index contributed by atoms with van der Waals surface area (Å²) >= 11 is 1.04. The summed E-state index contributed by atoms with van der Waals surface area (Å²) in [5.74, 6) is -0.208. The topological polar surface area (TPSA) is 88.4 Å². The van der Waals surface area contributed by atoms with Crippen molar-refractivity contribution in [2.24, 2.45) is 0 Å². The van der Waals surface area contributed by atoms with Crippen LogP contribution in [0.2, 0.25) is 0 Å². The molecule has 28 heavy (non-hydrogen) atoms. The summed E-state index contributed by atoms with van der Waals surface area (Å²) in [4.78, 5) is 24.7. The van der Waals surface area contributed by atoms with Crippen LogP contribution in [0, 0.1) is 18.3 Å². The summed E-state index contributed by atoms with van der Waals surface area (Å²) in [6, 6.07) is 9.46. The molecule has 6 nitrogen and oxygen atoms in total. The Morgan fingerprint density at radius 2 is 2.04 bits per heavy atom. The minimum atomic E-state index is -0.500. The molecule has 0 atom stereocenters. The molecule has 1 N–H and O–H groups in total. The van der Waals surface area contributed by atoms with Crippen molar-refractivity contribution in [2.75, 3.05) is 18.5 Å². The monoisotopic (exact) mass is 398 g/mol. The van der Waals surface area contributed by atoms with E-state index in [1.807, 2.05) is 37.3 Å². The molecular weight excluding hydrogens is 376 g/mol. The predicted molar refractivity (Wildman–Crippen MR) is 110 cm³/mol. The first kappa shape index (κ1) is 21.2. The minimum absolute atomic E-state index is 0.238. The van der Waals surface area contributed by atoms with E-state index in [0.29, 0.717) is 27.8 Å². The van der Waals surface area contributed by atoms with Crippen LogP contribution >= 0.6 is 11.3 Å². The number of carbonyl (C=O) groups excluding carboxylic acids is 2. The quantitative estimate of drug-likeness (QED) is 0.521. The van der Waals surface area contributed by atoms with Crippen molar-refractivity contribution in [3.8, 4) is 11.8 Å². The molecule has 2 rings (SSSR count). The maximum absolute atomic E-state index is 12.3. The number of carbonyl (C=O) groups is 2. The van der Waals surface area contributed by atoms with Crippen LogP contribution in [0.5, 0.6) is 5.75 Å². The molecule has 0 aliphatic rings. The summed E-state index contributed by atoms with van der Waals surface area (Å²) in [5.41, 5.74) is 1.55. The van der Waals surface area contributed by atoms with E-state index in [2.05, 4.69) is 5.32 Å². The Hall–Kier alpha value is -3.11. The largest absolute Gasteiger partial charge is 0.493 e. The zero-order chi connectivity index (χ0) is 20.5. The van der Waals surface area contributed by atoms with Gasteiger partial charge in [-0.15, -0.1) is 11.3 Å². The molecule has 0 saturated carbocycles. The van der Waals surface area contributed by atoms with E-state index < -0.39 is 11.9 Å². The highest BCUT2D eigenvalue weighted by Crippen LogP contribution is 2.33. The van der Waals surface area contributed by atoms with E-state index in [1.165, 1.54) is 6.08 Å². The van der Waals surface area contributed by atoms with E-state index in [4.69, 9.17) is 9.47 Å². The van der Waals surface area contributed by atoms with E-state index in [9.17, 15) is 14.9 Å². The molecule has 2 aromatic rings. The Morgan fingerprint density at radius 1 is 1.29 bits per heavy atom. The summed E-state index contributed by atoms with van der Waals surface area (Å²) in [5, 5.41) is 12.4. The number of hydrogen-bond acceptors (Lipinski definition) is 6. The lowest BCUT2D eigenvalue weighted by atomic mass is 10.1. The number of thiophene rings is 1. The molecule has 0 spiro atoms. The van der Waals surface area contributed by atoms with Crippen molar-refractivity contribution in [2.45, 2.75) is 27.2 Å². The molecular formula is C21H22N2O4S. The third-order valence-corrected chi connectivity index (χ3v) is 4.94. The van der Waals surface area contributed by atoms with Gasteiger partial charge in [-0.1, -0.05) is 25.1 Å². The van der Waals surface area contributed by atoms with Gasteiger partial charge in [0, 0.05) is 11.6 Å². The smallest absolute Gasteiger partial charge is 0.348 e. The predicted octanol–water partition coefficient (Wildman–Crippen LogP) is 4.55. The fourth-order valence-electron chi connectivity index (χ4n) is 2.41. The van der Waals surface area contributed by atoms with Crippen LogP contribution in [0.15, 0.2) is 30.3 Å². The van der Waals surface area contributed by atoms with Gasteiger partial charge >= 0.3 is 5.97 Å². The van der Waals surface area contributed by atoms with Gasteiger partial charge in [-0.2, -0.15) is 5.26 Å². The zero-order valence-electron chi connectivity index (χ0n) is 16.1. The van der Waals surface area contributed by atoms with Crippen LogP contribution in [0.25, 0.3) is 6.08 Å². The van der Waals surface area contributed by atoms with Crippen LogP contribution in [-0.4, -0.2) is 25.1 Å².